The van der Waals surface area contributed by atoms with E-state index in [-0.39, 0.29) is 18.3 Å². The number of amides is 2. The zero-order chi connectivity index (χ0) is 21.4. The fraction of sp³-hybridized carbons (Fsp3) is 0.211. The minimum atomic E-state index is -0.481. The molecule has 7 nitrogen and oxygen atoms in total. The van der Waals surface area contributed by atoms with Crippen molar-refractivity contribution in [2.75, 3.05) is 13.2 Å². The first kappa shape index (κ1) is 22.9. The van der Waals surface area contributed by atoms with Crippen molar-refractivity contribution in [1.29, 1.82) is 0 Å². The third kappa shape index (κ3) is 7.88. The summed E-state index contributed by atoms with van der Waals surface area (Å²) in [5.74, 6) is 0.125. The third-order valence-electron chi connectivity index (χ3n) is 3.51. The Labute approximate surface area is 187 Å². The zero-order valence-electron chi connectivity index (χ0n) is 15.7. The molecule has 2 aromatic carbocycles. The second-order valence-corrected chi connectivity index (χ2v) is 7.67. The van der Waals surface area contributed by atoms with Crippen molar-refractivity contribution in [3.05, 3.63) is 57.0 Å². The van der Waals surface area contributed by atoms with Crippen molar-refractivity contribution < 1.29 is 19.1 Å². The number of hydrazine groups is 1. The van der Waals surface area contributed by atoms with E-state index in [1.165, 1.54) is 0 Å². The van der Waals surface area contributed by atoms with Gasteiger partial charge < -0.3 is 9.47 Å². The number of nitrogens with one attached hydrogen (secondary N) is 3. The summed E-state index contributed by atoms with van der Waals surface area (Å²) in [5, 5.41) is 2.90. The Morgan fingerprint density at radius 2 is 1.66 bits per heavy atom. The standard InChI is InChI=1S/C19H19BrClN3O4S/c1-11-3-5-16(14(20)7-11)28-10-18(26)23-24-19(29)22-17(25)9-27-15-6-4-13(21)8-12(15)2/h3-8H,9-10H2,1-2H3,(H,23,26)(H2,22,24,25,29). The Morgan fingerprint density at radius 1 is 1.00 bits per heavy atom. The summed E-state index contributed by atoms with van der Waals surface area (Å²) in [6.07, 6.45) is 0. The van der Waals surface area contributed by atoms with Crippen molar-refractivity contribution in [3.8, 4) is 11.5 Å². The average molecular weight is 501 g/mol. The van der Waals surface area contributed by atoms with Crippen LogP contribution in [0.15, 0.2) is 40.9 Å². The number of rotatable bonds is 6. The molecule has 0 aliphatic rings. The van der Waals surface area contributed by atoms with Crippen LogP contribution < -0.4 is 25.6 Å². The van der Waals surface area contributed by atoms with Crippen LogP contribution in [0.4, 0.5) is 0 Å². The van der Waals surface area contributed by atoms with Gasteiger partial charge in [-0.3, -0.25) is 25.8 Å². The maximum absolute atomic E-state index is 11.9. The molecule has 3 N–H and O–H groups in total. The molecule has 10 heteroatoms. The van der Waals surface area contributed by atoms with Crippen molar-refractivity contribution in [3.63, 3.8) is 0 Å². The summed E-state index contributed by atoms with van der Waals surface area (Å²) in [5.41, 5.74) is 6.63. The van der Waals surface area contributed by atoms with Crippen molar-refractivity contribution in [1.82, 2.24) is 16.2 Å². The second-order valence-electron chi connectivity index (χ2n) is 5.97. The molecule has 2 rings (SSSR count). The fourth-order valence-electron chi connectivity index (χ4n) is 2.14. The van der Waals surface area contributed by atoms with E-state index in [0.29, 0.717) is 16.5 Å². The van der Waals surface area contributed by atoms with Gasteiger partial charge in [0.25, 0.3) is 11.8 Å². The number of aryl methyl sites for hydroxylation is 2. The molecule has 0 spiro atoms. The lowest BCUT2D eigenvalue weighted by Crippen LogP contribution is -2.50. The highest BCUT2D eigenvalue weighted by Gasteiger charge is 2.09. The molecule has 0 saturated carbocycles. The van der Waals surface area contributed by atoms with Crippen LogP contribution in [0.2, 0.25) is 5.02 Å². The van der Waals surface area contributed by atoms with Gasteiger partial charge in [-0.15, -0.1) is 0 Å². The number of ether oxygens (including phenoxy) is 2. The van der Waals surface area contributed by atoms with Crippen LogP contribution in [0.25, 0.3) is 0 Å². The Hall–Kier alpha value is -2.36. The molecule has 0 heterocycles. The summed E-state index contributed by atoms with van der Waals surface area (Å²) in [7, 11) is 0. The molecule has 0 aromatic heterocycles. The predicted octanol–water partition coefficient (Wildman–Crippen LogP) is 3.20. The van der Waals surface area contributed by atoms with E-state index in [0.717, 1.165) is 15.6 Å². The molecular formula is C19H19BrClN3O4S. The summed E-state index contributed by atoms with van der Waals surface area (Å²) in [6.45, 7) is 3.28. The molecule has 2 amide bonds. The van der Waals surface area contributed by atoms with E-state index in [1.807, 2.05) is 26.0 Å². The van der Waals surface area contributed by atoms with Crippen LogP contribution >= 0.6 is 39.7 Å². The lowest BCUT2D eigenvalue weighted by Gasteiger charge is -2.13. The Bertz CT molecular complexity index is 926. The highest BCUT2D eigenvalue weighted by molar-refractivity contribution is 9.10. The Morgan fingerprint density at radius 3 is 2.34 bits per heavy atom. The van der Waals surface area contributed by atoms with Crippen LogP contribution in [0, 0.1) is 13.8 Å². The van der Waals surface area contributed by atoms with E-state index in [9.17, 15) is 9.59 Å². The van der Waals surface area contributed by atoms with E-state index in [4.69, 9.17) is 33.3 Å². The maximum atomic E-state index is 11.9. The van der Waals surface area contributed by atoms with Crippen LogP contribution in [-0.4, -0.2) is 30.1 Å². The third-order valence-corrected chi connectivity index (χ3v) is 4.57. The highest BCUT2D eigenvalue weighted by Crippen LogP contribution is 2.25. The first-order valence-electron chi connectivity index (χ1n) is 8.41. The van der Waals surface area contributed by atoms with Crippen LogP contribution in [0.5, 0.6) is 11.5 Å². The van der Waals surface area contributed by atoms with Crippen LogP contribution in [0.3, 0.4) is 0 Å². The summed E-state index contributed by atoms with van der Waals surface area (Å²) in [4.78, 5) is 23.7. The molecule has 2 aromatic rings. The van der Waals surface area contributed by atoms with Gasteiger partial charge in [0.2, 0.25) is 0 Å². The number of carbonyl (C=O) groups is 2. The smallest absolute Gasteiger partial charge is 0.276 e. The monoisotopic (exact) mass is 499 g/mol. The first-order valence-corrected chi connectivity index (χ1v) is 9.99. The van der Waals surface area contributed by atoms with E-state index in [2.05, 4.69) is 32.1 Å². The van der Waals surface area contributed by atoms with Crippen molar-refractivity contribution >= 4 is 56.7 Å². The van der Waals surface area contributed by atoms with Crippen LogP contribution in [-0.2, 0) is 9.59 Å². The first-order chi connectivity index (χ1) is 13.7. The van der Waals surface area contributed by atoms with Gasteiger partial charge in [0.15, 0.2) is 18.3 Å². The molecule has 0 aliphatic carbocycles. The molecule has 0 fully saturated rings. The number of hydrogen-bond acceptors (Lipinski definition) is 5. The van der Waals surface area contributed by atoms with Gasteiger partial charge in [-0.05, 0) is 83.5 Å². The van der Waals surface area contributed by atoms with Gasteiger partial charge >= 0.3 is 0 Å². The highest BCUT2D eigenvalue weighted by atomic mass is 79.9. The topological polar surface area (TPSA) is 88.7 Å². The molecule has 0 unspecified atom stereocenters. The summed E-state index contributed by atoms with van der Waals surface area (Å²) < 4.78 is 11.6. The summed E-state index contributed by atoms with van der Waals surface area (Å²) >= 11 is 14.2. The summed E-state index contributed by atoms with van der Waals surface area (Å²) in [6, 6.07) is 10.6. The minimum Gasteiger partial charge on any atom is -0.483 e. The number of halogens is 2. The predicted molar refractivity (Wildman–Crippen MR) is 118 cm³/mol. The molecule has 0 radical (unpaired) electrons. The molecule has 0 saturated heterocycles. The molecule has 0 atom stereocenters. The Balaban J connectivity index is 1.68. The van der Waals surface area contributed by atoms with Gasteiger partial charge in [-0.1, -0.05) is 17.7 Å². The van der Waals surface area contributed by atoms with Gasteiger partial charge in [0.05, 0.1) is 4.47 Å². The molecule has 0 aliphatic heterocycles. The van der Waals surface area contributed by atoms with E-state index in [1.54, 1.807) is 24.3 Å². The minimum absolute atomic E-state index is 0.0729. The number of thiocarbonyl (C=S) groups is 1. The Kier molecular flexibility index (Phi) is 8.69. The number of hydrogen-bond donors (Lipinski definition) is 3. The number of benzene rings is 2. The quantitative estimate of drug-likeness (QED) is 0.417. The molecular weight excluding hydrogens is 482 g/mol. The van der Waals surface area contributed by atoms with E-state index < -0.39 is 11.8 Å². The van der Waals surface area contributed by atoms with Crippen LogP contribution in [0.1, 0.15) is 11.1 Å². The fourth-order valence-corrected chi connectivity index (χ4v) is 3.14. The van der Waals surface area contributed by atoms with Crippen molar-refractivity contribution in [2.24, 2.45) is 0 Å². The SMILES string of the molecule is Cc1ccc(OCC(=O)NNC(=S)NC(=O)COc2ccc(Cl)cc2C)c(Br)c1. The lowest BCUT2D eigenvalue weighted by atomic mass is 10.2. The average Bonchev–Trinajstić information content (AvgIpc) is 2.65. The second kappa shape index (κ2) is 11.0. The van der Waals surface area contributed by atoms with Gasteiger partial charge in [0, 0.05) is 5.02 Å². The normalized spacial score (nSPS) is 10.1. The number of carbonyl (C=O) groups excluding carboxylic acids is 2. The maximum Gasteiger partial charge on any atom is 0.276 e. The molecule has 0 bridgehead atoms. The van der Waals surface area contributed by atoms with E-state index >= 15 is 0 Å². The van der Waals surface area contributed by atoms with Crippen molar-refractivity contribution in [2.45, 2.75) is 13.8 Å². The molecule has 154 valence electrons. The zero-order valence-corrected chi connectivity index (χ0v) is 18.8. The lowest BCUT2D eigenvalue weighted by molar-refractivity contribution is -0.124. The molecule has 29 heavy (non-hydrogen) atoms. The van der Waals surface area contributed by atoms with Gasteiger partial charge in [0.1, 0.15) is 11.5 Å². The van der Waals surface area contributed by atoms with Gasteiger partial charge in [-0.25, -0.2) is 0 Å². The van der Waals surface area contributed by atoms with Gasteiger partial charge in [-0.2, -0.15) is 0 Å². The largest absolute Gasteiger partial charge is 0.483 e.